The SMILES string of the molecule is O=C(Oc1ccc[nH]c1=O)Oc1c([N+](=O)[O-])cc(CC2CC2)c2ccccc12. The smallest absolute Gasteiger partial charge is 0.389 e. The normalized spacial score (nSPS) is 13.3. The number of benzene rings is 2. The highest BCUT2D eigenvalue weighted by atomic mass is 16.7. The van der Waals surface area contributed by atoms with Crippen molar-refractivity contribution in [2.24, 2.45) is 5.92 Å². The fraction of sp³-hybridized carbons (Fsp3) is 0.200. The van der Waals surface area contributed by atoms with Crippen LogP contribution in [0.4, 0.5) is 10.5 Å². The molecule has 1 saturated carbocycles. The molecular weight excluding hydrogens is 364 g/mol. The van der Waals surface area contributed by atoms with Gasteiger partial charge in [0.25, 0.3) is 5.56 Å². The molecule has 8 nitrogen and oxygen atoms in total. The van der Waals surface area contributed by atoms with E-state index in [0.717, 1.165) is 30.2 Å². The van der Waals surface area contributed by atoms with E-state index in [1.54, 1.807) is 12.1 Å². The topological polar surface area (TPSA) is 112 Å². The van der Waals surface area contributed by atoms with Crippen molar-refractivity contribution in [1.82, 2.24) is 4.98 Å². The van der Waals surface area contributed by atoms with Crippen LogP contribution in [-0.4, -0.2) is 16.1 Å². The Morgan fingerprint density at radius 1 is 1.14 bits per heavy atom. The van der Waals surface area contributed by atoms with E-state index in [1.165, 1.54) is 24.4 Å². The molecule has 1 aromatic heterocycles. The second-order valence-corrected chi connectivity index (χ2v) is 6.65. The summed E-state index contributed by atoms with van der Waals surface area (Å²) in [6.45, 7) is 0. The van der Waals surface area contributed by atoms with Crippen LogP contribution in [0.25, 0.3) is 10.8 Å². The van der Waals surface area contributed by atoms with Crippen LogP contribution in [0.2, 0.25) is 0 Å². The number of pyridine rings is 1. The fourth-order valence-corrected chi connectivity index (χ4v) is 3.13. The first-order chi connectivity index (χ1) is 13.5. The number of aromatic amines is 1. The third-order valence-electron chi connectivity index (χ3n) is 4.62. The number of nitrogens with one attached hydrogen (secondary N) is 1. The molecule has 1 aliphatic carbocycles. The van der Waals surface area contributed by atoms with Gasteiger partial charge in [-0.15, -0.1) is 0 Å². The predicted octanol–water partition coefficient (Wildman–Crippen LogP) is 3.97. The summed E-state index contributed by atoms with van der Waals surface area (Å²) in [5.74, 6) is 0.0758. The van der Waals surface area contributed by atoms with Crippen LogP contribution in [0.1, 0.15) is 18.4 Å². The van der Waals surface area contributed by atoms with Crippen molar-refractivity contribution in [1.29, 1.82) is 0 Å². The van der Waals surface area contributed by atoms with Gasteiger partial charge in [-0.1, -0.05) is 24.3 Å². The summed E-state index contributed by atoms with van der Waals surface area (Å²) >= 11 is 0. The fourth-order valence-electron chi connectivity index (χ4n) is 3.13. The zero-order chi connectivity index (χ0) is 19.7. The zero-order valence-corrected chi connectivity index (χ0v) is 14.7. The molecular formula is C20H16N2O6. The highest BCUT2D eigenvalue weighted by Crippen LogP contribution is 2.41. The molecule has 0 saturated heterocycles. The molecule has 0 unspecified atom stereocenters. The highest BCUT2D eigenvalue weighted by molar-refractivity contribution is 5.96. The van der Waals surface area contributed by atoms with Crippen molar-refractivity contribution >= 4 is 22.6 Å². The van der Waals surface area contributed by atoms with Gasteiger partial charge in [-0.2, -0.15) is 0 Å². The number of nitro groups is 1. The van der Waals surface area contributed by atoms with E-state index in [4.69, 9.17) is 9.47 Å². The van der Waals surface area contributed by atoms with Crippen molar-refractivity contribution in [2.75, 3.05) is 0 Å². The van der Waals surface area contributed by atoms with Gasteiger partial charge in [0.1, 0.15) is 0 Å². The van der Waals surface area contributed by atoms with E-state index >= 15 is 0 Å². The summed E-state index contributed by atoms with van der Waals surface area (Å²) in [7, 11) is 0. The molecule has 1 aliphatic rings. The van der Waals surface area contributed by atoms with Crippen molar-refractivity contribution in [3.63, 3.8) is 0 Å². The lowest BCUT2D eigenvalue weighted by Gasteiger charge is -2.12. The molecule has 0 atom stereocenters. The molecule has 3 aromatic rings. The van der Waals surface area contributed by atoms with Gasteiger partial charge in [0.15, 0.2) is 5.75 Å². The average Bonchev–Trinajstić information content (AvgIpc) is 3.49. The number of hydrogen-bond donors (Lipinski definition) is 1. The summed E-state index contributed by atoms with van der Waals surface area (Å²) in [5.41, 5.74) is -0.0723. The van der Waals surface area contributed by atoms with Gasteiger partial charge in [-0.05, 0) is 48.3 Å². The largest absolute Gasteiger partial charge is 0.519 e. The number of hydrogen-bond acceptors (Lipinski definition) is 6. The van der Waals surface area contributed by atoms with E-state index < -0.39 is 16.6 Å². The minimum absolute atomic E-state index is 0.197. The van der Waals surface area contributed by atoms with Gasteiger partial charge in [-0.3, -0.25) is 14.9 Å². The first-order valence-corrected chi connectivity index (χ1v) is 8.79. The van der Waals surface area contributed by atoms with Gasteiger partial charge < -0.3 is 14.5 Å². The van der Waals surface area contributed by atoms with Crippen LogP contribution in [0.3, 0.4) is 0 Å². The number of ether oxygens (including phenoxy) is 2. The second kappa shape index (κ2) is 7.15. The Morgan fingerprint density at radius 3 is 2.57 bits per heavy atom. The summed E-state index contributed by atoms with van der Waals surface area (Å²) in [4.78, 5) is 37.3. The van der Waals surface area contributed by atoms with E-state index in [0.29, 0.717) is 11.3 Å². The van der Waals surface area contributed by atoms with Crippen molar-refractivity contribution in [3.8, 4) is 11.5 Å². The molecule has 1 N–H and O–H groups in total. The lowest BCUT2D eigenvalue weighted by Crippen LogP contribution is -2.19. The van der Waals surface area contributed by atoms with E-state index in [1.807, 2.05) is 12.1 Å². The molecule has 1 heterocycles. The quantitative estimate of drug-likeness (QED) is 0.310. The van der Waals surface area contributed by atoms with Crippen LogP contribution >= 0.6 is 0 Å². The van der Waals surface area contributed by atoms with Gasteiger partial charge in [0, 0.05) is 17.6 Å². The number of carbonyl (C=O) groups is 1. The molecule has 0 aliphatic heterocycles. The van der Waals surface area contributed by atoms with E-state index in [2.05, 4.69) is 4.98 Å². The third kappa shape index (κ3) is 3.57. The van der Waals surface area contributed by atoms with Crippen LogP contribution in [0.15, 0.2) is 53.5 Å². The number of aromatic nitrogens is 1. The maximum absolute atomic E-state index is 12.2. The number of nitro benzene ring substituents is 1. The van der Waals surface area contributed by atoms with Crippen LogP contribution in [0.5, 0.6) is 11.5 Å². The van der Waals surface area contributed by atoms with Gasteiger partial charge >= 0.3 is 11.8 Å². The molecule has 0 amide bonds. The summed E-state index contributed by atoms with van der Waals surface area (Å²) in [5, 5.41) is 12.9. The van der Waals surface area contributed by atoms with Crippen LogP contribution < -0.4 is 15.0 Å². The van der Waals surface area contributed by atoms with Crippen molar-refractivity contribution < 1.29 is 19.2 Å². The second-order valence-electron chi connectivity index (χ2n) is 6.65. The van der Waals surface area contributed by atoms with Gasteiger partial charge in [0.2, 0.25) is 5.75 Å². The van der Waals surface area contributed by atoms with Crippen LogP contribution in [0, 0.1) is 16.0 Å². The Hall–Kier alpha value is -3.68. The maximum atomic E-state index is 12.2. The Kier molecular flexibility index (Phi) is 4.52. The van der Waals surface area contributed by atoms with Crippen LogP contribution in [-0.2, 0) is 6.42 Å². The summed E-state index contributed by atoms with van der Waals surface area (Å²) < 4.78 is 10.1. The molecule has 0 radical (unpaired) electrons. The maximum Gasteiger partial charge on any atom is 0.519 e. The number of fused-ring (bicyclic) bond motifs is 1. The lowest BCUT2D eigenvalue weighted by atomic mass is 9.98. The Morgan fingerprint density at radius 2 is 1.89 bits per heavy atom. The zero-order valence-electron chi connectivity index (χ0n) is 14.7. The standard InChI is InChI=1S/C20H16N2O6/c23-19-17(6-3-9-21-19)27-20(24)28-18-15-5-2-1-4-14(15)13(10-12-7-8-12)11-16(18)22(25)26/h1-6,9,11-12H,7-8,10H2,(H,21,23). The molecule has 28 heavy (non-hydrogen) atoms. The Bertz CT molecular complexity index is 1130. The minimum atomic E-state index is -1.22. The summed E-state index contributed by atoms with van der Waals surface area (Å²) in [6, 6.07) is 11.3. The number of rotatable bonds is 5. The van der Waals surface area contributed by atoms with Crippen molar-refractivity contribution in [3.05, 3.63) is 74.7 Å². The Balaban J connectivity index is 1.74. The molecule has 1 fully saturated rings. The Labute approximate surface area is 158 Å². The average molecular weight is 380 g/mol. The molecule has 8 heteroatoms. The number of carbonyl (C=O) groups excluding carboxylic acids is 1. The van der Waals surface area contributed by atoms with Crippen molar-refractivity contribution in [2.45, 2.75) is 19.3 Å². The molecule has 4 rings (SSSR count). The molecule has 2 aromatic carbocycles. The first kappa shape index (κ1) is 17.7. The van der Waals surface area contributed by atoms with Gasteiger partial charge in [-0.25, -0.2) is 4.79 Å². The minimum Gasteiger partial charge on any atom is -0.389 e. The van der Waals surface area contributed by atoms with E-state index in [9.17, 15) is 19.7 Å². The summed E-state index contributed by atoms with van der Waals surface area (Å²) in [6.07, 6.45) is 3.12. The van der Waals surface area contributed by atoms with Gasteiger partial charge in [0.05, 0.1) is 4.92 Å². The first-order valence-electron chi connectivity index (χ1n) is 8.79. The monoisotopic (exact) mass is 380 g/mol. The van der Waals surface area contributed by atoms with E-state index in [-0.39, 0.29) is 17.2 Å². The molecule has 142 valence electrons. The third-order valence-corrected chi connectivity index (χ3v) is 4.62. The lowest BCUT2D eigenvalue weighted by molar-refractivity contribution is -0.385. The molecule has 0 spiro atoms. The number of H-pyrrole nitrogens is 1. The number of nitrogens with zero attached hydrogens (tertiary/aromatic N) is 1. The highest BCUT2D eigenvalue weighted by Gasteiger charge is 2.28. The predicted molar refractivity (Wildman–Crippen MR) is 101 cm³/mol. The molecule has 0 bridgehead atoms.